The van der Waals surface area contributed by atoms with E-state index in [-0.39, 0.29) is 5.91 Å². The number of hydrogen-bond donors (Lipinski definition) is 0. The normalized spacial score (nSPS) is 22.8. The van der Waals surface area contributed by atoms with Crippen LogP contribution in [-0.4, -0.2) is 39.8 Å². The second-order valence-corrected chi connectivity index (χ2v) is 5.35. The second-order valence-electron chi connectivity index (χ2n) is 5.35. The van der Waals surface area contributed by atoms with Crippen LogP contribution in [0.5, 0.6) is 5.88 Å². The number of piperidine rings is 1. The largest absolute Gasteiger partial charge is 0.478 e. The lowest BCUT2D eigenvalue weighted by molar-refractivity contribution is 0.0601. The van der Waals surface area contributed by atoms with Gasteiger partial charge in [-0.2, -0.15) is 5.10 Å². The molecule has 1 atom stereocenters. The highest BCUT2D eigenvalue weighted by molar-refractivity contribution is 5.93. The zero-order valence-electron chi connectivity index (χ0n) is 11.5. The van der Waals surface area contributed by atoms with Crippen molar-refractivity contribution in [1.82, 2.24) is 14.7 Å². The van der Waals surface area contributed by atoms with E-state index in [4.69, 9.17) is 4.74 Å². The number of nitrogens with zero attached hydrogens (tertiary/aromatic N) is 3. The quantitative estimate of drug-likeness (QED) is 0.820. The molecule has 0 N–H and O–H groups in total. The summed E-state index contributed by atoms with van der Waals surface area (Å²) in [7, 11) is 0. The van der Waals surface area contributed by atoms with Crippen LogP contribution < -0.4 is 4.74 Å². The Hall–Kier alpha value is -1.52. The molecule has 2 aliphatic heterocycles. The van der Waals surface area contributed by atoms with Crippen LogP contribution in [0.1, 0.15) is 49.5 Å². The number of aryl methyl sites for hydroxylation is 1. The zero-order chi connectivity index (χ0) is 13.2. The molecule has 3 heterocycles. The van der Waals surface area contributed by atoms with Crippen LogP contribution in [0, 0.1) is 0 Å². The van der Waals surface area contributed by atoms with Crippen LogP contribution in [0.2, 0.25) is 0 Å². The number of ether oxygens (including phenoxy) is 1. The zero-order valence-corrected chi connectivity index (χ0v) is 11.5. The molecule has 5 nitrogen and oxygen atoms in total. The number of carbonyl (C=O) groups excluding carboxylic acids is 1. The second kappa shape index (κ2) is 5.23. The molecule has 1 fully saturated rings. The maximum atomic E-state index is 12.6. The molecule has 0 saturated carbocycles. The maximum absolute atomic E-state index is 12.6. The lowest BCUT2D eigenvalue weighted by atomic mass is 9.99. The van der Waals surface area contributed by atoms with Crippen molar-refractivity contribution in [1.29, 1.82) is 0 Å². The van der Waals surface area contributed by atoms with E-state index in [9.17, 15) is 4.79 Å². The molecular weight excluding hydrogens is 242 g/mol. The number of likely N-dealkylation sites (tertiary alicyclic amines) is 1. The summed E-state index contributed by atoms with van der Waals surface area (Å²) < 4.78 is 7.33. The fourth-order valence-corrected chi connectivity index (χ4v) is 3.01. The Labute approximate surface area is 113 Å². The van der Waals surface area contributed by atoms with Gasteiger partial charge in [0.25, 0.3) is 5.91 Å². The molecule has 1 aromatic heterocycles. The van der Waals surface area contributed by atoms with Crippen LogP contribution in [0.25, 0.3) is 0 Å². The number of fused-ring (bicyclic) bond motifs is 1. The summed E-state index contributed by atoms with van der Waals surface area (Å²) in [6.07, 6.45) is 5.43. The Morgan fingerprint density at radius 2 is 2.32 bits per heavy atom. The van der Waals surface area contributed by atoms with Gasteiger partial charge in [-0.3, -0.25) is 4.79 Å². The molecule has 1 amide bonds. The van der Waals surface area contributed by atoms with E-state index in [1.54, 1.807) is 6.07 Å². The first-order valence-corrected chi connectivity index (χ1v) is 7.31. The molecule has 19 heavy (non-hydrogen) atoms. The van der Waals surface area contributed by atoms with Crippen molar-refractivity contribution in [2.45, 2.75) is 51.6 Å². The summed E-state index contributed by atoms with van der Waals surface area (Å²) in [5.41, 5.74) is 0.539. The van der Waals surface area contributed by atoms with Crippen molar-refractivity contribution < 1.29 is 9.53 Å². The fraction of sp³-hybridized carbons (Fsp3) is 0.714. The van der Waals surface area contributed by atoms with Gasteiger partial charge >= 0.3 is 0 Å². The minimum Gasteiger partial charge on any atom is -0.478 e. The molecule has 3 rings (SSSR count). The van der Waals surface area contributed by atoms with Crippen molar-refractivity contribution in [3.8, 4) is 5.88 Å². The Kier molecular flexibility index (Phi) is 3.44. The summed E-state index contributed by atoms with van der Waals surface area (Å²) in [4.78, 5) is 14.6. The molecule has 0 radical (unpaired) electrons. The SMILES string of the molecule is CCC1CCCCN1C(=O)c1cc2n(n1)CCCO2. The van der Waals surface area contributed by atoms with Gasteiger partial charge in [0.15, 0.2) is 5.69 Å². The summed E-state index contributed by atoms with van der Waals surface area (Å²) in [5.74, 6) is 0.803. The predicted octanol–water partition coefficient (Wildman–Crippen LogP) is 2.07. The molecule has 0 aliphatic carbocycles. The van der Waals surface area contributed by atoms with Crippen molar-refractivity contribution in [2.75, 3.05) is 13.2 Å². The lowest BCUT2D eigenvalue weighted by Crippen LogP contribution is -2.43. The van der Waals surface area contributed by atoms with E-state index in [0.717, 1.165) is 51.3 Å². The van der Waals surface area contributed by atoms with E-state index in [1.165, 1.54) is 6.42 Å². The number of amides is 1. The van der Waals surface area contributed by atoms with Crippen LogP contribution in [0.3, 0.4) is 0 Å². The molecule has 2 aliphatic rings. The Morgan fingerprint density at radius 3 is 3.11 bits per heavy atom. The summed E-state index contributed by atoms with van der Waals surface area (Å²) in [6, 6.07) is 2.17. The van der Waals surface area contributed by atoms with Crippen LogP contribution in [-0.2, 0) is 6.54 Å². The summed E-state index contributed by atoms with van der Waals surface area (Å²) >= 11 is 0. The minimum absolute atomic E-state index is 0.0667. The van der Waals surface area contributed by atoms with Gasteiger partial charge in [0, 0.05) is 31.6 Å². The third-order valence-electron chi connectivity index (χ3n) is 4.09. The van der Waals surface area contributed by atoms with Gasteiger partial charge in [-0.05, 0) is 25.7 Å². The third-order valence-corrected chi connectivity index (χ3v) is 4.09. The highest BCUT2D eigenvalue weighted by Gasteiger charge is 2.28. The third kappa shape index (κ3) is 2.33. The predicted molar refractivity (Wildman–Crippen MR) is 71.3 cm³/mol. The number of rotatable bonds is 2. The highest BCUT2D eigenvalue weighted by Crippen LogP contribution is 2.24. The van der Waals surface area contributed by atoms with E-state index in [2.05, 4.69) is 12.0 Å². The van der Waals surface area contributed by atoms with Gasteiger partial charge in [0.1, 0.15) is 0 Å². The first-order valence-electron chi connectivity index (χ1n) is 7.31. The van der Waals surface area contributed by atoms with Crippen molar-refractivity contribution >= 4 is 5.91 Å². The molecule has 5 heteroatoms. The lowest BCUT2D eigenvalue weighted by Gasteiger charge is -2.34. The fourth-order valence-electron chi connectivity index (χ4n) is 3.01. The Bertz CT molecular complexity index is 446. The van der Waals surface area contributed by atoms with E-state index >= 15 is 0 Å². The van der Waals surface area contributed by atoms with Crippen molar-refractivity contribution in [2.24, 2.45) is 0 Å². The summed E-state index contributed by atoms with van der Waals surface area (Å²) in [6.45, 7) is 4.58. The molecule has 104 valence electrons. The van der Waals surface area contributed by atoms with Crippen LogP contribution >= 0.6 is 0 Å². The van der Waals surface area contributed by atoms with E-state index in [0.29, 0.717) is 11.7 Å². The maximum Gasteiger partial charge on any atom is 0.274 e. The first kappa shape index (κ1) is 12.5. The monoisotopic (exact) mass is 263 g/mol. The topological polar surface area (TPSA) is 47.4 Å². The number of aromatic nitrogens is 2. The average molecular weight is 263 g/mol. The average Bonchev–Trinajstić information content (AvgIpc) is 2.90. The van der Waals surface area contributed by atoms with Gasteiger partial charge in [-0.1, -0.05) is 6.92 Å². The van der Waals surface area contributed by atoms with Crippen LogP contribution in [0.4, 0.5) is 0 Å². The van der Waals surface area contributed by atoms with Gasteiger partial charge in [-0.25, -0.2) is 4.68 Å². The van der Waals surface area contributed by atoms with Gasteiger partial charge < -0.3 is 9.64 Å². The van der Waals surface area contributed by atoms with Crippen molar-refractivity contribution in [3.63, 3.8) is 0 Å². The standard InChI is InChI=1S/C14H21N3O2/c1-2-11-6-3-4-7-16(11)14(18)12-10-13-17(15-12)8-5-9-19-13/h10-11H,2-9H2,1H3. The van der Waals surface area contributed by atoms with Gasteiger partial charge in [0.2, 0.25) is 5.88 Å². The Balaban J connectivity index is 1.80. The molecule has 0 aromatic carbocycles. The minimum atomic E-state index is 0.0667. The molecule has 1 saturated heterocycles. The molecule has 0 spiro atoms. The summed E-state index contributed by atoms with van der Waals surface area (Å²) in [5, 5.41) is 4.40. The van der Waals surface area contributed by atoms with E-state index in [1.807, 2.05) is 9.58 Å². The van der Waals surface area contributed by atoms with Crippen molar-refractivity contribution in [3.05, 3.63) is 11.8 Å². The van der Waals surface area contributed by atoms with Gasteiger partial charge in [0.05, 0.1) is 6.61 Å². The van der Waals surface area contributed by atoms with Gasteiger partial charge in [-0.15, -0.1) is 0 Å². The first-order chi connectivity index (χ1) is 9.29. The van der Waals surface area contributed by atoms with E-state index < -0.39 is 0 Å². The molecule has 1 unspecified atom stereocenters. The Morgan fingerprint density at radius 1 is 1.42 bits per heavy atom. The van der Waals surface area contributed by atoms with Crippen LogP contribution in [0.15, 0.2) is 6.07 Å². The number of carbonyl (C=O) groups is 1. The molecule has 0 bridgehead atoms. The molecule has 1 aromatic rings. The highest BCUT2D eigenvalue weighted by atomic mass is 16.5. The molecular formula is C14H21N3O2. The smallest absolute Gasteiger partial charge is 0.274 e. The number of hydrogen-bond acceptors (Lipinski definition) is 3.